The molecule has 4 aromatic rings. The van der Waals surface area contributed by atoms with E-state index >= 15 is 0 Å². The molecule has 2 heterocycles. The SMILES string of the molecule is CCCCCC(Cc1nccc2cc(OC)c(OC)cc12)SC1CC=C(C)C=C1c1ccc(OC)c(OCCn2ccnc2)c1.Cl.Cl. The van der Waals surface area contributed by atoms with Gasteiger partial charge in [0.25, 0.3) is 0 Å². The lowest BCUT2D eigenvalue weighted by atomic mass is 9.93. The molecule has 0 spiro atoms. The molecule has 1 aliphatic carbocycles. The number of methoxy groups -OCH3 is 3. The summed E-state index contributed by atoms with van der Waals surface area (Å²) in [6.45, 7) is 5.70. The third-order valence-corrected chi connectivity index (χ3v) is 9.87. The Morgan fingerprint density at radius 2 is 1.72 bits per heavy atom. The summed E-state index contributed by atoms with van der Waals surface area (Å²) in [6, 6.07) is 12.5. The molecule has 0 fully saturated rings. The average molecular weight is 701 g/mol. The van der Waals surface area contributed by atoms with Gasteiger partial charge < -0.3 is 23.5 Å². The molecule has 2 aromatic carbocycles. The van der Waals surface area contributed by atoms with Crippen LogP contribution in [0.1, 0.15) is 57.2 Å². The van der Waals surface area contributed by atoms with Crippen LogP contribution in [0.2, 0.25) is 0 Å². The van der Waals surface area contributed by atoms with Gasteiger partial charge in [-0.3, -0.25) is 4.98 Å². The molecular weight excluding hydrogens is 653 g/mol. The van der Waals surface area contributed by atoms with E-state index in [1.165, 1.54) is 36.0 Å². The number of hydrogen-bond acceptors (Lipinski definition) is 7. The van der Waals surface area contributed by atoms with Crippen molar-refractivity contribution < 1.29 is 18.9 Å². The second-order valence-corrected chi connectivity index (χ2v) is 12.9. The molecule has 254 valence electrons. The van der Waals surface area contributed by atoms with Crippen LogP contribution in [0.4, 0.5) is 0 Å². The summed E-state index contributed by atoms with van der Waals surface area (Å²) in [5.41, 5.74) is 4.90. The largest absolute Gasteiger partial charge is 0.493 e. The lowest BCUT2D eigenvalue weighted by Crippen LogP contribution is -2.18. The molecule has 0 N–H and O–H groups in total. The summed E-state index contributed by atoms with van der Waals surface area (Å²) < 4.78 is 25.2. The van der Waals surface area contributed by atoms with E-state index in [0.29, 0.717) is 17.1 Å². The number of ether oxygens (including phenoxy) is 4. The fourth-order valence-electron chi connectivity index (χ4n) is 5.87. The number of halogens is 2. The van der Waals surface area contributed by atoms with Crippen molar-refractivity contribution in [1.82, 2.24) is 14.5 Å². The van der Waals surface area contributed by atoms with Gasteiger partial charge in [0.05, 0.1) is 34.2 Å². The van der Waals surface area contributed by atoms with Crippen LogP contribution in [0.3, 0.4) is 0 Å². The van der Waals surface area contributed by atoms with E-state index in [0.717, 1.165) is 65.3 Å². The second-order valence-electron chi connectivity index (χ2n) is 11.4. The first kappa shape index (κ1) is 38.1. The Hall–Kier alpha value is -3.33. The van der Waals surface area contributed by atoms with Crippen LogP contribution in [-0.2, 0) is 13.0 Å². The van der Waals surface area contributed by atoms with E-state index < -0.39 is 0 Å². The standard InChI is InChI=1S/C37H45N3O4S.2ClH/c1-6-7-8-9-29(23-32-30-24-35(43-5)34(42-4)21-28(30)14-15-39-32)45-37-13-10-26(2)20-31(37)27-11-12-33(41-3)36(22-27)44-19-18-40-17-16-38-25-40;;/h10-12,14-17,20-22,24-25,29,37H,6-9,13,18-19,23H2,1-5H3;2*1H. The van der Waals surface area contributed by atoms with Crippen molar-refractivity contribution in [1.29, 1.82) is 0 Å². The summed E-state index contributed by atoms with van der Waals surface area (Å²) in [7, 11) is 5.05. The summed E-state index contributed by atoms with van der Waals surface area (Å²) in [5.74, 6) is 2.97. The molecule has 0 amide bonds. The third kappa shape index (κ3) is 9.84. The van der Waals surface area contributed by atoms with Gasteiger partial charge in [-0.05, 0) is 66.6 Å². The van der Waals surface area contributed by atoms with Crippen molar-refractivity contribution in [2.45, 2.75) is 69.4 Å². The van der Waals surface area contributed by atoms with Crippen LogP contribution in [0.15, 0.2) is 79.0 Å². The quantitative estimate of drug-likeness (QED) is 0.108. The topological polar surface area (TPSA) is 67.6 Å². The lowest BCUT2D eigenvalue weighted by molar-refractivity contribution is 0.279. The van der Waals surface area contributed by atoms with Crippen molar-refractivity contribution in [3.8, 4) is 23.0 Å². The zero-order chi connectivity index (χ0) is 31.6. The first-order chi connectivity index (χ1) is 22.0. The number of nitrogens with zero attached hydrogens (tertiary/aromatic N) is 3. The minimum Gasteiger partial charge on any atom is -0.493 e. The average Bonchev–Trinajstić information content (AvgIpc) is 3.58. The van der Waals surface area contributed by atoms with Gasteiger partial charge in [0.1, 0.15) is 6.61 Å². The third-order valence-electron chi connectivity index (χ3n) is 8.31. The van der Waals surface area contributed by atoms with E-state index in [4.69, 9.17) is 23.9 Å². The molecule has 0 radical (unpaired) electrons. The molecule has 2 unspecified atom stereocenters. The maximum Gasteiger partial charge on any atom is 0.161 e. The molecule has 5 rings (SSSR count). The fraction of sp³-hybridized carbons (Fsp3) is 0.405. The smallest absolute Gasteiger partial charge is 0.161 e. The molecule has 10 heteroatoms. The van der Waals surface area contributed by atoms with Gasteiger partial charge in [-0.1, -0.05) is 50.0 Å². The highest BCUT2D eigenvalue weighted by atomic mass is 35.5. The molecule has 7 nitrogen and oxygen atoms in total. The highest BCUT2D eigenvalue weighted by molar-refractivity contribution is 8.01. The maximum atomic E-state index is 6.25. The van der Waals surface area contributed by atoms with Crippen LogP contribution >= 0.6 is 36.6 Å². The molecular formula is C37H47Cl2N3O4S. The van der Waals surface area contributed by atoms with Gasteiger partial charge in [0.2, 0.25) is 0 Å². The Morgan fingerprint density at radius 1 is 0.936 bits per heavy atom. The van der Waals surface area contributed by atoms with Crippen LogP contribution in [0.5, 0.6) is 23.0 Å². The predicted molar refractivity (Wildman–Crippen MR) is 199 cm³/mol. The summed E-state index contributed by atoms with van der Waals surface area (Å²) in [4.78, 5) is 9.02. The number of thioether (sulfide) groups is 1. The molecule has 1 aliphatic rings. The maximum absolute atomic E-state index is 6.25. The van der Waals surface area contributed by atoms with E-state index in [-0.39, 0.29) is 24.8 Å². The van der Waals surface area contributed by atoms with E-state index in [1.807, 2.05) is 35.2 Å². The molecule has 0 bridgehead atoms. The number of benzene rings is 2. The van der Waals surface area contributed by atoms with Crippen LogP contribution < -0.4 is 18.9 Å². The Bertz CT molecular complexity index is 1630. The number of hydrogen-bond donors (Lipinski definition) is 0. The minimum atomic E-state index is 0. The number of imidazole rings is 1. The monoisotopic (exact) mass is 699 g/mol. The van der Waals surface area contributed by atoms with Gasteiger partial charge in [0, 0.05) is 46.6 Å². The van der Waals surface area contributed by atoms with Gasteiger partial charge in [-0.2, -0.15) is 0 Å². The molecule has 2 atom stereocenters. The van der Waals surface area contributed by atoms with Gasteiger partial charge in [-0.15, -0.1) is 36.6 Å². The van der Waals surface area contributed by atoms with Crippen molar-refractivity contribution in [2.24, 2.45) is 0 Å². The molecule has 0 aliphatic heterocycles. The Morgan fingerprint density at radius 3 is 2.45 bits per heavy atom. The first-order valence-electron chi connectivity index (χ1n) is 15.8. The number of allylic oxidation sites excluding steroid dienone is 3. The molecule has 47 heavy (non-hydrogen) atoms. The Labute approximate surface area is 296 Å². The highest BCUT2D eigenvalue weighted by Gasteiger charge is 2.25. The van der Waals surface area contributed by atoms with Gasteiger partial charge >= 0.3 is 0 Å². The zero-order valence-corrected chi connectivity index (χ0v) is 30.4. The highest BCUT2D eigenvalue weighted by Crippen LogP contribution is 2.42. The first-order valence-corrected chi connectivity index (χ1v) is 16.8. The minimum absolute atomic E-state index is 0. The van der Waals surface area contributed by atoms with Crippen LogP contribution in [0, 0.1) is 0 Å². The fourth-order valence-corrected chi connectivity index (χ4v) is 7.45. The van der Waals surface area contributed by atoms with Crippen molar-refractivity contribution in [3.63, 3.8) is 0 Å². The summed E-state index contributed by atoms with van der Waals surface area (Å²) in [5, 5.41) is 2.97. The predicted octanol–water partition coefficient (Wildman–Crippen LogP) is 9.41. The number of unbranched alkanes of at least 4 members (excludes halogenated alkanes) is 2. The number of rotatable bonds is 16. The normalized spacial score (nSPS) is 14.7. The number of aromatic nitrogens is 3. The summed E-state index contributed by atoms with van der Waals surface area (Å²) >= 11 is 2.08. The number of fused-ring (bicyclic) bond motifs is 1. The van der Waals surface area contributed by atoms with Gasteiger partial charge in [-0.25, -0.2) is 4.98 Å². The second kappa shape index (κ2) is 18.9. The summed E-state index contributed by atoms with van der Waals surface area (Å²) in [6.07, 6.45) is 18.8. The van der Waals surface area contributed by atoms with Crippen molar-refractivity contribution >= 4 is 52.9 Å². The molecule has 0 saturated carbocycles. The zero-order valence-electron chi connectivity index (χ0n) is 27.9. The Balaban J connectivity index is 0.00000300. The van der Waals surface area contributed by atoms with E-state index in [2.05, 4.69) is 60.9 Å². The van der Waals surface area contributed by atoms with Crippen LogP contribution in [0.25, 0.3) is 16.3 Å². The van der Waals surface area contributed by atoms with Gasteiger partial charge in [0.15, 0.2) is 23.0 Å². The van der Waals surface area contributed by atoms with E-state index in [9.17, 15) is 0 Å². The lowest BCUT2D eigenvalue weighted by Gasteiger charge is -2.28. The molecule has 0 saturated heterocycles. The van der Waals surface area contributed by atoms with Crippen LogP contribution in [-0.4, -0.2) is 53.0 Å². The number of pyridine rings is 1. The molecule has 2 aromatic heterocycles. The van der Waals surface area contributed by atoms with E-state index in [1.54, 1.807) is 33.9 Å². The van der Waals surface area contributed by atoms with Crippen molar-refractivity contribution in [2.75, 3.05) is 27.9 Å². The van der Waals surface area contributed by atoms with Crippen molar-refractivity contribution in [3.05, 3.63) is 90.3 Å². The Kier molecular flexibility index (Phi) is 15.3.